The lowest BCUT2D eigenvalue weighted by atomic mass is 10.1. The lowest BCUT2D eigenvalue weighted by Crippen LogP contribution is -2.22. The first-order valence-electron chi connectivity index (χ1n) is 6.51. The fourth-order valence-electron chi connectivity index (χ4n) is 2.37. The third kappa shape index (κ3) is 2.27. The molecule has 0 aliphatic rings. The van der Waals surface area contributed by atoms with Crippen LogP contribution in [0, 0.1) is 18.6 Å². The van der Waals surface area contributed by atoms with E-state index in [0.717, 1.165) is 16.6 Å². The molecule has 1 atom stereocenters. The van der Waals surface area contributed by atoms with Gasteiger partial charge in [0, 0.05) is 11.8 Å². The molecule has 1 N–H and O–H groups in total. The van der Waals surface area contributed by atoms with Crippen LogP contribution < -0.4 is 5.56 Å². The van der Waals surface area contributed by atoms with E-state index >= 15 is 0 Å². The topological polar surface area (TPSA) is 72.4 Å². The summed E-state index contributed by atoms with van der Waals surface area (Å²) in [7, 11) is 0. The van der Waals surface area contributed by atoms with Gasteiger partial charge in [-0.2, -0.15) is 14.6 Å². The minimum atomic E-state index is -1.43. The summed E-state index contributed by atoms with van der Waals surface area (Å²) < 4.78 is 30.0. The summed E-state index contributed by atoms with van der Waals surface area (Å²) in [5, 5.41) is 14.0. The fourth-order valence-corrected chi connectivity index (χ4v) is 2.37. The zero-order valence-electron chi connectivity index (χ0n) is 11.6. The van der Waals surface area contributed by atoms with Crippen LogP contribution in [-0.2, 0) is 6.54 Å². The van der Waals surface area contributed by atoms with E-state index in [2.05, 4.69) is 10.1 Å². The third-order valence-corrected chi connectivity index (χ3v) is 3.43. The van der Waals surface area contributed by atoms with Crippen LogP contribution in [0.4, 0.5) is 8.78 Å². The quantitative estimate of drug-likeness (QED) is 0.789. The van der Waals surface area contributed by atoms with Gasteiger partial charge in [0.15, 0.2) is 0 Å². The van der Waals surface area contributed by atoms with Crippen molar-refractivity contribution in [2.75, 3.05) is 0 Å². The highest BCUT2D eigenvalue weighted by Gasteiger charge is 2.20. The molecule has 3 aromatic rings. The Morgan fingerprint density at radius 2 is 2.00 bits per heavy atom. The summed E-state index contributed by atoms with van der Waals surface area (Å²) in [4.78, 5) is 15.7. The molecule has 0 saturated heterocycles. The van der Waals surface area contributed by atoms with Gasteiger partial charge in [0.2, 0.25) is 5.78 Å². The van der Waals surface area contributed by atoms with E-state index in [1.807, 2.05) is 0 Å². The first-order valence-corrected chi connectivity index (χ1v) is 6.51. The number of aryl methyl sites for hydroxylation is 1. The van der Waals surface area contributed by atoms with Crippen molar-refractivity contribution in [2.45, 2.75) is 19.6 Å². The molecule has 2 aromatic heterocycles. The van der Waals surface area contributed by atoms with E-state index in [9.17, 15) is 18.7 Å². The summed E-state index contributed by atoms with van der Waals surface area (Å²) >= 11 is 0. The molecule has 0 radical (unpaired) electrons. The van der Waals surface area contributed by atoms with Crippen LogP contribution in [0.2, 0.25) is 0 Å². The van der Waals surface area contributed by atoms with Crippen molar-refractivity contribution in [3.8, 4) is 0 Å². The maximum atomic E-state index is 13.7. The van der Waals surface area contributed by atoms with Crippen molar-refractivity contribution in [1.29, 1.82) is 0 Å². The molecule has 1 aromatic carbocycles. The van der Waals surface area contributed by atoms with Gasteiger partial charge in [-0.15, -0.1) is 0 Å². The summed E-state index contributed by atoms with van der Waals surface area (Å²) in [5.41, 5.74) is -0.285. The van der Waals surface area contributed by atoms with E-state index < -0.39 is 23.3 Å². The first-order chi connectivity index (χ1) is 10.5. The second kappa shape index (κ2) is 5.30. The molecule has 1 unspecified atom stereocenters. The molecule has 0 bridgehead atoms. The van der Waals surface area contributed by atoms with Crippen molar-refractivity contribution in [1.82, 2.24) is 19.2 Å². The Morgan fingerprint density at radius 1 is 1.32 bits per heavy atom. The molecule has 8 heteroatoms. The second-order valence-electron chi connectivity index (χ2n) is 4.86. The van der Waals surface area contributed by atoms with Crippen LogP contribution in [0.3, 0.4) is 0 Å². The van der Waals surface area contributed by atoms with Crippen molar-refractivity contribution >= 4 is 5.78 Å². The summed E-state index contributed by atoms with van der Waals surface area (Å²) in [6.45, 7) is 1.48. The van der Waals surface area contributed by atoms with E-state index in [4.69, 9.17) is 0 Å². The molecule has 114 valence electrons. The molecule has 22 heavy (non-hydrogen) atoms. The van der Waals surface area contributed by atoms with E-state index in [-0.39, 0.29) is 17.9 Å². The van der Waals surface area contributed by atoms with Gasteiger partial charge in [0.05, 0.1) is 12.1 Å². The molecule has 0 aliphatic carbocycles. The van der Waals surface area contributed by atoms with Gasteiger partial charge in [0.25, 0.3) is 5.56 Å². The molecular weight excluding hydrogens is 294 g/mol. The standard InChI is InChI=1S/C14H12F2N4O2/c1-8-5-12(22)20-14(17-7-18-20)19(8)6-11(21)13-9(15)3-2-4-10(13)16/h2-5,7,11,21H,6H2,1H3. The van der Waals surface area contributed by atoms with Gasteiger partial charge >= 0.3 is 0 Å². The van der Waals surface area contributed by atoms with Gasteiger partial charge in [-0.1, -0.05) is 6.07 Å². The van der Waals surface area contributed by atoms with Crippen LogP contribution in [0.1, 0.15) is 17.4 Å². The fraction of sp³-hybridized carbons (Fsp3) is 0.214. The average molecular weight is 306 g/mol. The lowest BCUT2D eigenvalue weighted by molar-refractivity contribution is 0.147. The van der Waals surface area contributed by atoms with Gasteiger partial charge in [-0.25, -0.2) is 8.78 Å². The predicted octanol–water partition coefficient (Wildman–Crippen LogP) is 1.21. The highest BCUT2D eigenvalue weighted by molar-refractivity contribution is 5.30. The Hall–Kier alpha value is -2.61. The maximum absolute atomic E-state index is 13.7. The summed E-state index contributed by atoms with van der Waals surface area (Å²) in [5.74, 6) is -1.46. The number of hydrogen-bond donors (Lipinski definition) is 1. The molecule has 0 fully saturated rings. The summed E-state index contributed by atoms with van der Waals surface area (Å²) in [6.07, 6.45) is -0.231. The maximum Gasteiger partial charge on any atom is 0.275 e. The van der Waals surface area contributed by atoms with Crippen LogP contribution in [0.15, 0.2) is 35.4 Å². The number of nitrogens with zero attached hydrogens (tertiary/aromatic N) is 4. The van der Waals surface area contributed by atoms with Crippen molar-refractivity contribution < 1.29 is 13.9 Å². The van der Waals surface area contributed by atoms with Gasteiger partial charge in [0.1, 0.15) is 24.1 Å². The van der Waals surface area contributed by atoms with E-state index in [0.29, 0.717) is 5.69 Å². The highest BCUT2D eigenvalue weighted by atomic mass is 19.1. The number of aromatic nitrogens is 4. The number of halogens is 2. The van der Waals surface area contributed by atoms with Crippen molar-refractivity contribution in [3.05, 3.63) is 63.8 Å². The van der Waals surface area contributed by atoms with E-state index in [1.54, 1.807) is 6.92 Å². The smallest absolute Gasteiger partial charge is 0.275 e. The number of benzene rings is 1. The second-order valence-corrected chi connectivity index (χ2v) is 4.86. The minimum absolute atomic E-state index is 0.161. The zero-order valence-corrected chi connectivity index (χ0v) is 11.6. The SMILES string of the molecule is Cc1cc(=O)n2ncnc2n1CC(O)c1c(F)cccc1F. The lowest BCUT2D eigenvalue weighted by Gasteiger charge is -2.17. The van der Waals surface area contributed by atoms with Gasteiger partial charge in [-0.3, -0.25) is 4.79 Å². The summed E-state index contributed by atoms with van der Waals surface area (Å²) in [6, 6.07) is 4.69. The number of rotatable bonds is 3. The number of aliphatic hydroxyl groups is 1. The Balaban J connectivity index is 2.07. The highest BCUT2D eigenvalue weighted by Crippen LogP contribution is 2.22. The monoisotopic (exact) mass is 306 g/mol. The van der Waals surface area contributed by atoms with Crippen LogP contribution in [0.5, 0.6) is 0 Å². The molecular formula is C14H12F2N4O2. The van der Waals surface area contributed by atoms with Crippen LogP contribution >= 0.6 is 0 Å². The Kier molecular flexibility index (Phi) is 3.45. The normalized spacial score (nSPS) is 12.7. The predicted molar refractivity (Wildman–Crippen MR) is 73.3 cm³/mol. The molecule has 0 aliphatic heterocycles. The Labute approximate surface area is 123 Å². The molecule has 3 rings (SSSR count). The third-order valence-electron chi connectivity index (χ3n) is 3.43. The van der Waals surface area contributed by atoms with E-state index in [1.165, 1.54) is 23.0 Å². The average Bonchev–Trinajstić information content (AvgIpc) is 2.93. The largest absolute Gasteiger partial charge is 0.386 e. The Morgan fingerprint density at radius 3 is 2.68 bits per heavy atom. The van der Waals surface area contributed by atoms with Gasteiger partial charge < -0.3 is 9.67 Å². The minimum Gasteiger partial charge on any atom is -0.386 e. The van der Waals surface area contributed by atoms with Crippen LogP contribution in [-0.4, -0.2) is 24.3 Å². The number of hydrogen-bond acceptors (Lipinski definition) is 4. The van der Waals surface area contributed by atoms with Crippen LogP contribution in [0.25, 0.3) is 5.78 Å². The van der Waals surface area contributed by atoms with Crippen molar-refractivity contribution in [2.24, 2.45) is 0 Å². The molecule has 2 heterocycles. The number of aliphatic hydroxyl groups excluding tert-OH is 1. The zero-order chi connectivity index (χ0) is 15.9. The number of fused-ring (bicyclic) bond motifs is 1. The first kappa shape index (κ1) is 14.3. The molecule has 6 nitrogen and oxygen atoms in total. The molecule has 0 saturated carbocycles. The Bertz CT molecular complexity index is 883. The van der Waals surface area contributed by atoms with Crippen molar-refractivity contribution in [3.63, 3.8) is 0 Å². The van der Waals surface area contributed by atoms with Gasteiger partial charge in [-0.05, 0) is 19.1 Å². The molecule has 0 spiro atoms. The molecule has 0 amide bonds.